The molecular formula is C64H112O6. The third kappa shape index (κ3) is 55.8. The Bertz CT molecular complexity index is 1310. The van der Waals surface area contributed by atoms with E-state index in [0.717, 1.165) is 109 Å². The summed E-state index contributed by atoms with van der Waals surface area (Å²) in [4.78, 5) is 38.1. The van der Waals surface area contributed by atoms with E-state index in [1.165, 1.54) is 148 Å². The van der Waals surface area contributed by atoms with Crippen LogP contribution < -0.4 is 0 Å². The minimum absolute atomic E-state index is 0.0777. The highest BCUT2D eigenvalue weighted by Gasteiger charge is 2.19. The fourth-order valence-electron chi connectivity index (χ4n) is 8.45. The van der Waals surface area contributed by atoms with Crippen LogP contribution >= 0.6 is 0 Å². The second kappa shape index (κ2) is 58.4. The molecule has 6 heteroatoms. The smallest absolute Gasteiger partial charge is 0.306 e. The number of hydrogen-bond acceptors (Lipinski definition) is 6. The molecule has 1 unspecified atom stereocenters. The van der Waals surface area contributed by atoms with E-state index in [1.807, 2.05) is 0 Å². The maximum Gasteiger partial charge on any atom is 0.306 e. The third-order valence-corrected chi connectivity index (χ3v) is 12.9. The van der Waals surface area contributed by atoms with E-state index in [9.17, 15) is 14.4 Å². The standard InChI is InChI=1S/C64H112O6/c1-4-7-10-13-16-19-22-24-26-27-28-29-30-31-32-33-34-35-36-37-38-40-42-45-48-51-54-57-63(66)69-60-61(59-68-62(65)56-53-50-47-44-41-21-18-15-12-9-6-3)70-64(67)58-55-52-49-46-43-39-25-23-20-17-14-11-8-5-2/h7,10,14,16-17,19,23-26,28-29,61H,4-6,8-9,11-13,15,18,20-22,27,30-60H2,1-3H3/b10-7-,17-14-,19-16-,25-23-,26-24-,29-28-. The molecule has 0 saturated carbocycles. The summed E-state index contributed by atoms with van der Waals surface area (Å²) in [7, 11) is 0. The highest BCUT2D eigenvalue weighted by molar-refractivity contribution is 5.71. The molecule has 0 fully saturated rings. The largest absolute Gasteiger partial charge is 0.462 e. The lowest BCUT2D eigenvalue weighted by atomic mass is 10.0. The maximum absolute atomic E-state index is 12.8. The molecule has 0 rings (SSSR count). The quantitative estimate of drug-likeness (QED) is 0.0261. The van der Waals surface area contributed by atoms with Crippen LogP contribution in [-0.2, 0) is 28.6 Å². The zero-order valence-electron chi connectivity index (χ0n) is 46.3. The molecule has 0 aliphatic heterocycles. The Hall–Kier alpha value is -3.15. The van der Waals surface area contributed by atoms with Crippen molar-refractivity contribution in [2.75, 3.05) is 13.2 Å². The number of ether oxygens (including phenoxy) is 3. The second-order valence-electron chi connectivity index (χ2n) is 19.9. The highest BCUT2D eigenvalue weighted by atomic mass is 16.6. The summed E-state index contributed by atoms with van der Waals surface area (Å²) in [5, 5.41) is 0. The van der Waals surface area contributed by atoms with Gasteiger partial charge in [-0.15, -0.1) is 0 Å². The molecule has 1 atom stereocenters. The van der Waals surface area contributed by atoms with Crippen molar-refractivity contribution < 1.29 is 28.6 Å². The molecule has 0 aliphatic rings. The zero-order valence-corrected chi connectivity index (χ0v) is 46.3. The van der Waals surface area contributed by atoms with Crippen LogP contribution in [0.2, 0.25) is 0 Å². The van der Waals surface area contributed by atoms with Crippen molar-refractivity contribution in [1.82, 2.24) is 0 Å². The first-order chi connectivity index (χ1) is 34.5. The van der Waals surface area contributed by atoms with Crippen molar-refractivity contribution >= 4 is 17.9 Å². The van der Waals surface area contributed by atoms with Crippen molar-refractivity contribution in [1.29, 1.82) is 0 Å². The first-order valence-corrected chi connectivity index (χ1v) is 29.9. The number of hydrogen-bond donors (Lipinski definition) is 0. The van der Waals surface area contributed by atoms with Crippen LogP contribution in [0, 0.1) is 0 Å². The van der Waals surface area contributed by atoms with Crippen LogP contribution in [0.25, 0.3) is 0 Å². The van der Waals surface area contributed by atoms with E-state index in [0.29, 0.717) is 19.3 Å². The highest BCUT2D eigenvalue weighted by Crippen LogP contribution is 2.16. The number of rotatable bonds is 54. The number of allylic oxidation sites excluding steroid dienone is 12. The average molecular weight is 978 g/mol. The molecule has 404 valence electrons. The Morgan fingerprint density at radius 3 is 0.914 bits per heavy atom. The molecule has 0 aromatic heterocycles. The van der Waals surface area contributed by atoms with Gasteiger partial charge in [0.25, 0.3) is 0 Å². The van der Waals surface area contributed by atoms with E-state index < -0.39 is 6.10 Å². The Kier molecular flexibility index (Phi) is 55.8. The predicted octanol–water partition coefficient (Wildman–Crippen LogP) is 20.2. The molecule has 0 aliphatic carbocycles. The molecule has 0 heterocycles. The van der Waals surface area contributed by atoms with E-state index in [2.05, 4.69) is 93.7 Å². The van der Waals surface area contributed by atoms with Crippen LogP contribution in [0.15, 0.2) is 72.9 Å². The van der Waals surface area contributed by atoms with Crippen LogP contribution in [0.1, 0.15) is 297 Å². The van der Waals surface area contributed by atoms with Crippen LogP contribution in [-0.4, -0.2) is 37.2 Å². The van der Waals surface area contributed by atoms with Crippen LogP contribution in [0.5, 0.6) is 0 Å². The Morgan fingerprint density at radius 1 is 0.300 bits per heavy atom. The molecule has 0 amide bonds. The normalized spacial score (nSPS) is 12.6. The van der Waals surface area contributed by atoms with Gasteiger partial charge in [-0.3, -0.25) is 14.4 Å². The van der Waals surface area contributed by atoms with E-state index in [4.69, 9.17) is 14.2 Å². The maximum atomic E-state index is 12.8. The number of unbranched alkanes of at least 4 members (excludes halogenated alkanes) is 31. The molecule has 0 aromatic carbocycles. The molecule has 0 saturated heterocycles. The van der Waals surface area contributed by atoms with Gasteiger partial charge in [0.05, 0.1) is 0 Å². The van der Waals surface area contributed by atoms with Gasteiger partial charge in [-0.2, -0.15) is 0 Å². The Balaban J connectivity index is 4.20. The molecule has 0 bridgehead atoms. The van der Waals surface area contributed by atoms with Crippen molar-refractivity contribution in [2.45, 2.75) is 303 Å². The van der Waals surface area contributed by atoms with Gasteiger partial charge >= 0.3 is 17.9 Å². The number of esters is 3. The topological polar surface area (TPSA) is 78.9 Å². The first-order valence-electron chi connectivity index (χ1n) is 29.9. The van der Waals surface area contributed by atoms with Gasteiger partial charge in [-0.25, -0.2) is 0 Å². The van der Waals surface area contributed by atoms with E-state index in [1.54, 1.807) is 0 Å². The minimum Gasteiger partial charge on any atom is -0.462 e. The molecule has 0 N–H and O–H groups in total. The van der Waals surface area contributed by atoms with Crippen molar-refractivity contribution in [3.8, 4) is 0 Å². The molecule has 0 aromatic rings. The van der Waals surface area contributed by atoms with E-state index >= 15 is 0 Å². The summed E-state index contributed by atoms with van der Waals surface area (Å²) in [6.07, 6.45) is 74.8. The summed E-state index contributed by atoms with van der Waals surface area (Å²) in [6.45, 7) is 6.49. The second-order valence-corrected chi connectivity index (χ2v) is 19.9. The summed E-state index contributed by atoms with van der Waals surface area (Å²) in [6, 6.07) is 0. The lowest BCUT2D eigenvalue weighted by Crippen LogP contribution is -2.30. The van der Waals surface area contributed by atoms with Gasteiger partial charge in [0.2, 0.25) is 0 Å². The lowest BCUT2D eigenvalue weighted by Gasteiger charge is -2.18. The van der Waals surface area contributed by atoms with Gasteiger partial charge < -0.3 is 14.2 Å². The lowest BCUT2D eigenvalue weighted by molar-refractivity contribution is -0.167. The van der Waals surface area contributed by atoms with Gasteiger partial charge in [-0.1, -0.05) is 267 Å². The summed E-state index contributed by atoms with van der Waals surface area (Å²) in [5.41, 5.74) is 0. The zero-order chi connectivity index (χ0) is 50.7. The molecular weight excluding hydrogens is 865 g/mol. The van der Waals surface area contributed by atoms with E-state index in [-0.39, 0.29) is 31.1 Å². The summed E-state index contributed by atoms with van der Waals surface area (Å²) < 4.78 is 16.9. The van der Waals surface area contributed by atoms with Gasteiger partial charge in [0, 0.05) is 19.3 Å². The van der Waals surface area contributed by atoms with Gasteiger partial charge in [0.1, 0.15) is 13.2 Å². The first kappa shape index (κ1) is 66.9. The van der Waals surface area contributed by atoms with Crippen LogP contribution in [0.3, 0.4) is 0 Å². The van der Waals surface area contributed by atoms with Gasteiger partial charge in [-0.05, 0) is 83.5 Å². The molecule has 6 nitrogen and oxygen atoms in total. The molecule has 0 radical (unpaired) electrons. The Labute approximate surface area is 433 Å². The summed E-state index contributed by atoms with van der Waals surface area (Å²) >= 11 is 0. The minimum atomic E-state index is -0.780. The molecule has 70 heavy (non-hydrogen) atoms. The third-order valence-electron chi connectivity index (χ3n) is 12.9. The van der Waals surface area contributed by atoms with Crippen molar-refractivity contribution in [2.24, 2.45) is 0 Å². The number of carbonyl (C=O) groups excluding carboxylic acids is 3. The van der Waals surface area contributed by atoms with Crippen molar-refractivity contribution in [3.05, 3.63) is 72.9 Å². The average Bonchev–Trinajstić information content (AvgIpc) is 3.36. The Morgan fingerprint density at radius 2 is 0.571 bits per heavy atom. The predicted molar refractivity (Wildman–Crippen MR) is 302 cm³/mol. The van der Waals surface area contributed by atoms with Crippen molar-refractivity contribution in [3.63, 3.8) is 0 Å². The fraction of sp³-hybridized carbons (Fsp3) is 0.766. The summed E-state index contributed by atoms with van der Waals surface area (Å²) in [5.74, 6) is -0.883. The van der Waals surface area contributed by atoms with Crippen LogP contribution in [0.4, 0.5) is 0 Å². The van der Waals surface area contributed by atoms with Gasteiger partial charge in [0.15, 0.2) is 6.10 Å². The SMILES string of the molecule is CC/C=C\C/C=C\C/C=C\C/C=C\CCCCCCCCCCCCCCCCC(=O)OCC(COC(=O)CCCCCCCCCCCCC)OC(=O)CCCCCCC/C=C\C/C=C\CCCC. The molecule has 0 spiro atoms. The number of carbonyl (C=O) groups is 3. The monoisotopic (exact) mass is 977 g/mol. The fourth-order valence-corrected chi connectivity index (χ4v) is 8.45.